The maximum Gasteiger partial charge on any atom is 0.0558 e. The summed E-state index contributed by atoms with van der Waals surface area (Å²) >= 11 is 0. The summed E-state index contributed by atoms with van der Waals surface area (Å²) in [5.74, 6) is 0. The molecule has 0 atom stereocenters. The summed E-state index contributed by atoms with van der Waals surface area (Å²) in [7, 11) is 0. The fourth-order valence-corrected chi connectivity index (χ4v) is 2.87. The van der Waals surface area contributed by atoms with Crippen molar-refractivity contribution in [3.05, 3.63) is 36.0 Å². The first-order chi connectivity index (χ1) is 7.75. The summed E-state index contributed by atoms with van der Waals surface area (Å²) in [5.41, 5.74) is 8.29. The van der Waals surface area contributed by atoms with Gasteiger partial charge < -0.3 is 15.8 Å². The molecule has 1 aromatic carbocycles. The van der Waals surface area contributed by atoms with Crippen LogP contribution >= 0.6 is 0 Å². The molecule has 1 aliphatic rings. The Morgan fingerprint density at radius 1 is 1.38 bits per heavy atom. The molecule has 0 radical (unpaired) electrons. The zero-order chi connectivity index (χ0) is 11.2. The summed E-state index contributed by atoms with van der Waals surface area (Å²) in [5, 5.41) is 10.7. The van der Waals surface area contributed by atoms with Crippen molar-refractivity contribution in [3.63, 3.8) is 0 Å². The van der Waals surface area contributed by atoms with Gasteiger partial charge in [-0.15, -0.1) is 0 Å². The first kappa shape index (κ1) is 9.87. The molecule has 3 rings (SSSR count). The van der Waals surface area contributed by atoms with E-state index in [-0.39, 0.29) is 11.5 Å². The molecule has 0 unspecified atom stereocenters. The van der Waals surface area contributed by atoms with Crippen LogP contribution in [0.25, 0.3) is 10.9 Å². The highest BCUT2D eigenvalue weighted by Gasteiger charge is 2.44. The predicted octanol–water partition coefficient (Wildman–Crippen LogP) is 1.52. The number of hydrogen-bond acceptors (Lipinski definition) is 2. The maximum absolute atomic E-state index is 9.53. The Hall–Kier alpha value is -1.32. The Bertz CT molecular complexity index is 511. The van der Waals surface area contributed by atoms with E-state index in [0.29, 0.717) is 6.54 Å². The fourth-order valence-electron chi connectivity index (χ4n) is 2.87. The van der Waals surface area contributed by atoms with Crippen molar-refractivity contribution < 1.29 is 5.11 Å². The van der Waals surface area contributed by atoms with Gasteiger partial charge in [0.25, 0.3) is 0 Å². The molecule has 3 nitrogen and oxygen atoms in total. The number of para-hydroxylation sites is 1. The second-order valence-corrected chi connectivity index (χ2v) is 4.79. The molecule has 0 saturated heterocycles. The molecule has 3 heteroatoms. The lowest BCUT2D eigenvalue weighted by Gasteiger charge is -2.45. The van der Waals surface area contributed by atoms with Gasteiger partial charge in [-0.3, -0.25) is 0 Å². The van der Waals surface area contributed by atoms with Crippen LogP contribution in [0, 0.1) is 0 Å². The van der Waals surface area contributed by atoms with Crippen LogP contribution < -0.4 is 5.73 Å². The van der Waals surface area contributed by atoms with Gasteiger partial charge in [0, 0.05) is 23.7 Å². The lowest BCUT2D eigenvalue weighted by molar-refractivity contribution is 0.0228. The lowest BCUT2D eigenvalue weighted by atomic mass is 9.62. The molecular formula is C13H16N2O. The first-order valence-electron chi connectivity index (χ1n) is 5.70. The molecule has 1 saturated carbocycles. The summed E-state index contributed by atoms with van der Waals surface area (Å²) in [4.78, 5) is 3.27. The van der Waals surface area contributed by atoms with Crippen LogP contribution in [0.2, 0.25) is 0 Å². The van der Waals surface area contributed by atoms with Gasteiger partial charge >= 0.3 is 0 Å². The van der Waals surface area contributed by atoms with Gasteiger partial charge in [0.15, 0.2) is 0 Å². The van der Waals surface area contributed by atoms with Gasteiger partial charge in [-0.25, -0.2) is 0 Å². The third-order valence-corrected chi connectivity index (χ3v) is 3.80. The molecular weight excluding hydrogens is 200 g/mol. The number of nitrogens with two attached hydrogens (primary N) is 1. The van der Waals surface area contributed by atoms with E-state index in [1.54, 1.807) is 0 Å². The average Bonchev–Trinajstić information content (AvgIpc) is 2.72. The summed E-state index contributed by atoms with van der Waals surface area (Å²) in [6.45, 7) is 0.599. The van der Waals surface area contributed by atoms with E-state index in [9.17, 15) is 5.11 Å². The zero-order valence-corrected chi connectivity index (χ0v) is 9.11. The highest BCUT2D eigenvalue weighted by Crippen LogP contribution is 2.45. The van der Waals surface area contributed by atoms with Crippen molar-refractivity contribution >= 4 is 10.9 Å². The monoisotopic (exact) mass is 216 g/mol. The Balaban J connectivity index is 2.14. The molecule has 0 amide bonds. The molecule has 1 aliphatic carbocycles. The molecule has 0 aliphatic heterocycles. The van der Waals surface area contributed by atoms with Crippen molar-refractivity contribution in [1.29, 1.82) is 0 Å². The highest BCUT2D eigenvalue weighted by atomic mass is 16.3. The van der Waals surface area contributed by atoms with Gasteiger partial charge in [0.05, 0.1) is 6.10 Å². The van der Waals surface area contributed by atoms with E-state index < -0.39 is 0 Å². The molecule has 4 N–H and O–H groups in total. The van der Waals surface area contributed by atoms with Gasteiger partial charge in [-0.1, -0.05) is 18.2 Å². The standard InChI is InChI=1S/C13H16N2O/c14-8-13(6-10(16)7-13)11-3-1-2-9-4-5-15-12(9)11/h1-5,10,15-16H,6-8,14H2. The quantitative estimate of drug-likeness (QED) is 0.712. The van der Waals surface area contributed by atoms with Gasteiger partial charge in [0.2, 0.25) is 0 Å². The smallest absolute Gasteiger partial charge is 0.0558 e. The molecule has 2 aromatic rings. The number of H-pyrrole nitrogens is 1. The van der Waals surface area contributed by atoms with Crippen LogP contribution in [0.15, 0.2) is 30.5 Å². The third kappa shape index (κ3) is 1.22. The Morgan fingerprint density at radius 3 is 2.88 bits per heavy atom. The fraction of sp³-hybridized carbons (Fsp3) is 0.385. The van der Waals surface area contributed by atoms with E-state index in [1.165, 1.54) is 16.5 Å². The Morgan fingerprint density at radius 2 is 2.19 bits per heavy atom. The van der Waals surface area contributed by atoms with Crippen LogP contribution in [0.5, 0.6) is 0 Å². The van der Waals surface area contributed by atoms with Crippen LogP contribution in [-0.2, 0) is 5.41 Å². The largest absolute Gasteiger partial charge is 0.393 e. The van der Waals surface area contributed by atoms with Crippen molar-refractivity contribution in [2.45, 2.75) is 24.4 Å². The number of rotatable bonds is 2. The summed E-state index contributed by atoms with van der Waals surface area (Å²) in [6, 6.07) is 8.35. The molecule has 0 spiro atoms. The average molecular weight is 216 g/mol. The topological polar surface area (TPSA) is 62.0 Å². The molecule has 84 valence electrons. The molecule has 1 aromatic heterocycles. The minimum Gasteiger partial charge on any atom is -0.393 e. The first-order valence-corrected chi connectivity index (χ1v) is 5.70. The normalized spacial score (nSPS) is 29.2. The number of aliphatic hydroxyl groups excluding tert-OH is 1. The number of fused-ring (bicyclic) bond motifs is 1. The van der Waals surface area contributed by atoms with Crippen LogP contribution in [-0.4, -0.2) is 22.7 Å². The van der Waals surface area contributed by atoms with E-state index in [0.717, 1.165) is 12.8 Å². The second kappa shape index (κ2) is 3.34. The minimum absolute atomic E-state index is 0.0240. The van der Waals surface area contributed by atoms with Crippen molar-refractivity contribution in [2.75, 3.05) is 6.54 Å². The van der Waals surface area contributed by atoms with E-state index in [2.05, 4.69) is 29.2 Å². The van der Waals surface area contributed by atoms with Crippen LogP contribution in [0.1, 0.15) is 18.4 Å². The number of nitrogens with one attached hydrogen (secondary N) is 1. The van der Waals surface area contributed by atoms with E-state index in [1.807, 2.05) is 6.20 Å². The number of hydrogen-bond donors (Lipinski definition) is 3. The zero-order valence-electron chi connectivity index (χ0n) is 9.11. The van der Waals surface area contributed by atoms with Crippen molar-refractivity contribution in [2.24, 2.45) is 5.73 Å². The maximum atomic E-state index is 9.53. The molecule has 16 heavy (non-hydrogen) atoms. The number of aromatic amines is 1. The lowest BCUT2D eigenvalue weighted by Crippen LogP contribution is -2.49. The Labute approximate surface area is 94.3 Å². The summed E-state index contributed by atoms with van der Waals surface area (Å²) < 4.78 is 0. The molecule has 1 heterocycles. The Kier molecular flexibility index (Phi) is 2.06. The summed E-state index contributed by atoms with van der Waals surface area (Å²) in [6.07, 6.45) is 3.32. The third-order valence-electron chi connectivity index (χ3n) is 3.80. The van der Waals surface area contributed by atoms with Crippen molar-refractivity contribution in [3.8, 4) is 0 Å². The highest BCUT2D eigenvalue weighted by molar-refractivity contribution is 5.83. The number of benzene rings is 1. The SMILES string of the molecule is NCC1(c2cccc3cc[nH]c23)CC(O)C1. The van der Waals surface area contributed by atoms with Crippen LogP contribution in [0.4, 0.5) is 0 Å². The van der Waals surface area contributed by atoms with Crippen molar-refractivity contribution in [1.82, 2.24) is 4.98 Å². The number of aliphatic hydroxyl groups is 1. The van der Waals surface area contributed by atoms with Gasteiger partial charge in [-0.05, 0) is 29.9 Å². The van der Waals surface area contributed by atoms with Gasteiger partial charge in [-0.2, -0.15) is 0 Å². The van der Waals surface area contributed by atoms with E-state index >= 15 is 0 Å². The molecule has 0 bridgehead atoms. The molecule has 1 fully saturated rings. The minimum atomic E-state index is -0.186. The second-order valence-electron chi connectivity index (χ2n) is 4.79. The number of aromatic nitrogens is 1. The van der Waals surface area contributed by atoms with E-state index in [4.69, 9.17) is 5.73 Å². The van der Waals surface area contributed by atoms with Crippen LogP contribution in [0.3, 0.4) is 0 Å². The van der Waals surface area contributed by atoms with Gasteiger partial charge in [0.1, 0.15) is 0 Å². The predicted molar refractivity (Wildman–Crippen MR) is 64.3 cm³/mol.